The van der Waals surface area contributed by atoms with Crippen molar-refractivity contribution in [1.82, 2.24) is 9.44 Å². The van der Waals surface area contributed by atoms with Crippen LogP contribution in [-0.2, 0) is 45.7 Å². The first kappa shape index (κ1) is 50.6. The number of aryl methyl sites for hydroxylation is 4. The van der Waals surface area contributed by atoms with E-state index in [9.17, 15) is 26.4 Å². The van der Waals surface area contributed by atoms with Crippen LogP contribution in [0.25, 0.3) is 0 Å². The quantitative estimate of drug-likeness (QED) is 0.0478. The normalized spacial score (nSPS) is 13.7. The van der Waals surface area contributed by atoms with Crippen molar-refractivity contribution in [1.29, 1.82) is 0 Å². The van der Waals surface area contributed by atoms with E-state index in [1.165, 1.54) is 0 Å². The van der Waals surface area contributed by atoms with Crippen molar-refractivity contribution in [3.63, 3.8) is 0 Å². The second-order valence-corrected chi connectivity index (χ2v) is 20.8. The molecule has 348 valence electrons. The Bertz CT molecular complexity index is 2570. The summed E-state index contributed by atoms with van der Waals surface area (Å²) in [7, 11) is -7.87. The van der Waals surface area contributed by atoms with Gasteiger partial charge in [-0.15, -0.1) is 0 Å². The predicted octanol–water partition coefficient (Wildman–Crippen LogP) is 11.8. The predicted molar refractivity (Wildman–Crippen MR) is 263 cm³/mol. The van der Waals surface area contributed by atoms with Crippen molar-refractivity contribution in [3.8, 4) is 0 Å². The van der Waals surface area contributed by atoms with Crippen LogP contribution < -0.4 is 20.1 Å². The number of hydrogen-bond acceptors (Lipinski definition) is 8. The van der Waals surface area contributed by atoms with Gasteiger partial charge >= 0.3 is 0 Å². The summed E-state index contributed by atoms with van der Waals surface area (Å²) in [5.74, 6) is -0.246. The van der Waals surface area contributed by atoms with Gasteiger partial charge in [0.1, 0.15) is 0 Å². The molecule has 0 saturated carbocycles. The molecule has 0 radical (unpaired) electrons. The molecular formula is C52H72N4O6S2. The summed E-state index contributed by atoms with van der Waals surface area (Å²) in [5, 5.41) is 7.03. The van der Waals surface area contributed by atoms with E-state index in [0.29, 0.717) is 83.8 Å². The van der Waals surface area contributed by atoms with Gasteiger partial charge in [0.15, 0.2) is 11.6 Å². The van der Waals surface area contributed by atoms with Crippen molar-refractivity contribution < 1.29 is 26.4 Å². The zero-order valence-corrected chi connectivity index (χ0v) is 41.6. The third kappa shape index (κ3) is 10.7. The monoisotopic (exact) mass is 912 g/mol. The maximum Gasteiger partial charge on any atom is 0.241 e. The van der Waals surface area contributed by atoms with Crippen LogP contribution >= 0.6 is 0 Å². The van der Waals surface area contributed by atoms with Crippen molar-refractivity contribution >= 4 is 54.4 Å². The molecule has 2 atom stereocenters. The highest BCUT2D eigenvalue weighted by molar-refractivity contribution is 7.90. The number of carbonyl (C=O) groups excluding carboxylic acids is 2. The van der Waals surface area contributed by atoms with Crippen LogP contribution in [0.2, 0.25) is 0 Å². The number of fused-ring (bicyclic) bond motifs is 2. The lowest BCUT2D eigenvalue weighted by atomic mass is 9.82. The standard InChI is InChI=1S/C52H72N4O6S2/c1-11-19-23-35(13-3)31-53-63(59,60)51-34(10)30-37(15-5)48(40(51)18-8)56-44-28-27-43(45-46(44)50(58)42-26-22-21-25-41(42)49(45)57)55-47-33(9)29-38(16-6)52(39(47)17-7)64(61,62)54-32-36(14-4)24-20-12-2/h21-22,25-30,35-36,53-56H,11-20,23-24,31-32H2,1-10H3. The molecule has 5 rings (SSSR count). The van der Waals surface area contributed by atoms with Gasteiger partial charge in [-0.1, -0.05) is 130 Å². The van der Waals surface area contributed by atoms with Crippen molar-refractivity contribution in [2.24, 2.45) is 11.8 Å². The Morgan fingerprint density at radius 2 is 0.969 bits per heavy atom. The summed E-state index contributed by atoms with van der Waals surface area (Å²) < 4.78 is 63.0. The van der Waals surface area contributed by atoms with Crippen molar-refractivity contribution in [2.45, 2.75) is 156 Å². The number of ketones is 2. The molecule has 0 amide bonds. The Morgan fingerprint density at radius 1 is 0.531 bits per heavy atom. The smallest absolute Gasteiger partial charge is 0.241 e. The first-order valence-electron chi connectivity index (χ1n) is 23.8. The molecule has 2 unspecified atom stereocenters. The number of carbonyl (C=O) groups is 2. The lowest BCUT2D eigenvalue weighted by Gasteiger charge is -2.27. The maximum atomic E-state index is 14.8. The summed E-state index contributed by atoms with van der Waals surface area (Å²) in [6.45, 7) is 20.7. The average molecular weight is 913 g/mol. The second-order valence-electron chi connectivity index (χ2n) is 17.4. The number of anilines is 4. The highest BCUT2D eigenvalue weighted by atomic mass is 32.2. The molecule has 0 spiro atoms. The van der Waals surface area contributed by atoms with E-state index >= 15 is 0 Å². The molecular weight excluding hydrogens is 841 g/mol. The molecule has 0 saturated heterocycles. The van der Waals surface area contributed by atoms with Gasteiger partial charge in [0.05, 0.1) is 32.3 Å². The fourth-order valence-electron chi connectivity index (χ4n) is 9.33. The maximum absolute atomic E-state index is 14.8. The zero-order chi connectivity index (χ0) is 46.9. The highest BCUT2D eigenvalue weighted by Gasteiger charge is 2.36. The number of rotatable bonds is 24. The summed E-state index contributed by atoms with van der Waals surface area (Å²) in [5.41, 5.74) is 7.04. The molecule has 64 heavy (non-hydrogen) atoms. The number of nitrogens with one attached hydrogen (secondary N) is 4. The van der Waals surface area contributed by atoms with Crippen LogP contribution in [0.5, 0.6) is 0 Å². The third-order valence-corrected chi connectivity index (χ3v) is 16.4. The minimum Gasteiger partial charge on any atom is -0.354 e. The minimum atomic E-state index is -3.94. The fraction of sp³-hybridized carbons (Fsp3) is 0.500. The Balaban J connectivity index is 1.67. The first-order valence-corrected chi connectivity index (χ1v) is 26.7. The molecule has 12 heteroatoms. The summed E-state index contributed by atoms with van der Waals surface area (Å²) in [6, 6.07) is 14.1. The molecule has 0 bridgehead atoms. The van der Waals surface area contributed by atoms with Gasteiger partial charge in [-0.2, -0.15) is 0 Å². The first-order chi connectivity index (χ1) is 30.6. The SMILES string of the molecule is CCCCC(CC)CNS(=O)(=O)c1c(C)cc(CC)c(Nc2ccc(Nc3c(C)cc(CC)c(S(=O)(=O)NCC(CC)CCCC)c3CC)c3c2C(=O)c2ccccc2C3=O)c1CC. The van der Waals surface area contributed by atoms with Crippen LogP contribution in [0.4, 0.5) is 22.7 Å². The van der Waals surface area contributed by atoms with Gasteiger partial charge < -0.3 is 10.6 Å². The number of benzene rings is 4. The van der Waals surface area contributed by atoms with Crippen LogP contribution in [0.15, 0.2) is 58.3 Å². The van der Waals surface area contributed by atoms with E-state index in [1.807, 2.05) is 53.7 Å². The molecule has 4 aromatic rings. The fourth-order valence-corrected chi connectivity index (χ4v) is 12.7. The van der Waals surface area contributed by atoms with Crippen molar-refractivity contribution in [3.05, 3.63) is 104 Å². The minimum absolute atomic E-state index is 0.161. The van der Waals surface area contributed by atoms with Gasteiger partial charge in [-0.3, -0.25) is 9.59 Å². The molecule has 10 nitrogen and oxygen atoms in total. The molecule has 0 aliphatic heterocycles. The van der Waals surface area contributed by atoms with Gasteiger partial charge in [0, 0.05) is 35.6 Å². The average Bonchev–Trinajstić information content (AvgIpc) is 3.28. The number of unbranched alkanes of at least 4 members (excludes halogenated alkanes) is 2. The molecule has 0 aromatic heterocycles. The molecule has 0 fully saturated rings. The van der Waals surface area contributed by atoms with Gasteiger partial charge in [0.25, 0.3) is 0 Å². The number of hydrogen-bond donors (Lipinski definition) is 4. The Kier molecular flexibility index (Phi) is 17.6. The zero-order valence-electron chi connectivity index (χ0n) is 39.9. The molecule has 4 N–H and O–H groups in total. The van der Waals surface area contributed by atoms with E-state index in [1.54, 1.807) is 36.4 Å². The van der Waals surface area contributed by atoms with Gasteiger partial charge in [0.2, 0.25) is 20.0 Å². The van der Waals surface area contributed by atoms with Gasteiger partial charge in [-0.05, 0) is 110 Å². The van der Waals surface area contributed by atoms with E-state index in [-0.39, 0.29) is 55.4 Å². The molecule has 4 aromatic carbocycles. The van der Waals surface area contributed by atoms with Crippen LogP contribution in [0, 0.1) is 25.7 Å². The molecule has 0 heterocycles. The van der Waals surface area contributed by atoms with Crippen molar-refractivity contribution in [2.75, 3.05) is 23.7 Å². The summed E-state index contributed by atoms with van der Waals surface area (Å²) in [6.07, 6.45) is 9.67. The van der Waals surface area contributed by atoms with E-state index in [4.69, 9.17) is 0 Å². The Labute approximate surface area is 384 Å². The number of sulfonamides is 2. The van der Waals surface area contributed by atoms with E-state index < -0.39 is 20.0 Å². The summed E-state index contributed by atoms with van der Waals surface area (Å²) >= 11 is 0. The lowest BCUT2D eigenvalue weighted by Crippen LogP contribution is -2.31. The van der Waals surface area contributed by atoms with Crippen LogP contribution in [0.1, 0.15) is 172 Å². The lowest BCUT2D eigenvalue weighted by molar-refractivity contribution is 0.0980. The summed E-state index contributed by atoms with van der Waals surface area (Å²) in [4.78, 5) is 30.0. The van der Waals surface area contributed by atoms with E-state index in [0.717, 1.165) is 62.5 Å². The van der Waals surface area contributed by atoms with Crippen LogP contribution in [-0.4, -0.2) is 41.5 Å². The third-order valence-electron chi connectivity index (χ3n) is 13.1. The highest BCUT2D eigenvalue weighted by Crippen LogP contribution is 2.43. The Morgan fingerprint density at radius 3 is 1.41 bits per heavy atom. The van der Waals surface area contributed by atoms with Gasteiger partial charge in [-0.25, -0.2) is 26.3 Å². The second kappa shape index (κ2) is 22.2. The topological polar surface area (TPSA) is 151 Å². The van der Waals surface area contributed by atoms with Crippen LogP contribution in [0.3, 0.4) is 0 Å². The largest absolute Gasteiger partial charge is 0.354 e. The Hall–Kier alpha value is -4.36. The molecule has 1 aliphatic carbocycles. The molecule has 1 aliphatic rings. The van der Waals surface area contributed by atoms with E-state index in [2.05, 4.69) is 47.8 Å².